The van der Waals surface area contributed by atoms with Gasteiger partial charge in [-0.25, -0.2) is 4.79 Å². The molecule has 0 saturated heterocycles. The van der Waals surface area contributed by atoms with E-state index >= 15 is 0 Å². The van der Waals surface area contributed by atoms with Gasteiger partial charge in [-0.15, -0.1) is 0 Å². The number of benzene rings is 2. The average Bonchev–Trinajstić information content (AvgIpc) is 2.46. The van der Waals surface area contributed by atoms with Crippen LogP contribution in [0.2, 0.25) is 0 Å². The van der Waals surface area contributed by atoms with Crippen molar-refractivity contribution in [3.05, 3.63) is 70.8 Å². The van der Waals surface area contributed by atoms with Crippen LogP contribution < -0.4 is 0 Å². The molecule has 0 bridgehead atoms. The number of carboxylic acids is 1. The summed E-state index contributed by atoms with van der Waals surface area (Å²) >= 11 is 0. The third-order valence-corrected chi connectivity index (χ3v) is 2.94. The van der Waals surface area contributed by atoms with Crippen molar-refractivity contribution in [1.82, 2.24) is 0 Å². The van der Waals surface area contributed by atoms with Crippen LogP contribution in [-0.2, 0) is 0 Å². The quantitative estimate of drug-likeness (QED) is 0.677. The van der Waals surface area contributed by atoms with Gasteiger partial charge >= 0.3 is 5.97 Å². The van der Waals surface area contributed by atoms with E-state index in [4.69, 9.17) is 5.11 Å². The lowest BCUT2D eigenvalue weighted by Gasteiger charge is -1.98. The molecule has 3 nitrogen and oxygen atoms in total. The van der Waals surface area contributed by atoms with Gasteiger partial charge in [0.15, 0.2) is 5.78 Å². The standard InChI is InChI=1S/C17H14O3/c1-12(18)15-8-4-13(5-9-15)2-3-14-6-10-16(11-7-14)17(19)20/h2-11H,1H3,(H,19,20). The van der Waals surface area contributed by atoms with E-state index in [1.54, 1.807) is 36.4 Å². The van der Waals surface area contributed by atoms with Crippen LogP contribution in [-0.4, -0.2) is 16.9 Å². The zero-order valence-electron chi connectivity index (χ0n) is 11.0. The molecule has 0 saturated carbocycles. The summed E-state index contributed by atoms with van der Waals surface area (Å²) in [5, 5.41) is 8.81. The molecule has 0 aromatic heterocycles. The highest BCUT2D eigenvalue weighted by atomic mass is 16.4. The normalized spacial score (nSPS) is 10.7. The predicted octanol–water partition coefficient (Wildman–Crippen LogP) is 3.76. The highest BCUT2D eigenvalue weighted by Gasteiger charge is 2.00. The maximum absolute atomic E-state index is 11.2. The van der Waals surface area contributed by atoms with Crippen LogP contribution in [0, 0.1) is 0 Å². The maximum Gasteiger partial charge on any atom is 0.335 e. The number of Topliss-reactive ketones (excluding diaryl/α,β-unsaturated/α-hetero) is 1. The van der Waals surface area contributed by atoms with E-state index in [1.165, 1.54) is 6.92 Å². The van der Waals surface area contributed by atoms with Gasteiger partial charge in [0.1, 0.15) is 0 Å². The molecule has 100 valence electrons. The smallest absolute Gasteiger partial charge is 0.335 e. The number of carbonyl (C=O) groups excluding carboxylic acids is 1. The lowest BCUT2D eigenvalue weighted by atomic mass is 10.1. The summed E-state index contributed by atoms with van der Waals surface area (Å²) in [7, 11) is 0. The van der Waals surface area contributed by atoms with E-state index in [-0.39, 0.29) is 11.3 Å². The van der Waals surface area contributed by atoms with Crippen LogP contribution in [0.1, 0.15) is 38.8 Å². The number of carbonyl (C=O) groups is 2. The Labute approximate surface area is 117 Å². The van der Waals surface area contributed by atoms with E-state index in [2.05, 4.69) is 0 Å². The van der Waals surface area contributed by atoms with Crippen molar-refractivity contribution in [2.75, 3.05) is 0 Å². The molecule has 2 rings (SSSR count). The second kappa shape index (κ2) is 5.97. The number of hydrogen-bond donors (Lipinski definition) is 1. The Morgan fingerprint density at radius 1 is 0.800 bits per heavy atom. The van der Waals surface area contributed by atoms with Crippen molar-refractivity contribution >= 4 is 23.9 Å². The highest BCUT2D eigenvalue weighted by Crippen LogP contribution is 2.11. The van der Waals surface area contributed by atoms with Crippen LogP contribution in [0.3, 0.4) is 0 Å². The lowest BCUT2D eigenvalue weighted by Crippen LogP contribution is -1.94. The summed E-state index contributed by atoms with van der Waals surface area (Å²) < 4.78 is 0. The molecule has 2 aromatic rings. The van der Waals surface area contributed by atoms with Gasteiger partial charge in [-0.05, 0) is 30.2 Å². The Morgan fingerprint density at radius 3 is 1.55 bits per heavy atom. The van der Waals surface area contributed by atoms with Gasteiger partial charge in [0.05, 0.1) is 5.56 Å². The fraction of sp³-hybridized carbons (Fsp3) is 0.0588. The third kappa shape index (κ3) is 3.42. The molecule has 0 aliphatic rings. The fourth-order valence-corrected chi connectivity index (χ4v) is 1.76. The van der Waals surface area contributed by atoms with Crippen LogP contribution in [0.15, 0.2) is 48.5 Å². The van der Waals surface area contributed by atoms with Crippen LogP contribution >= 0.6 is 0 Å². The molecule has 0 atom stereocenters. The van der Waals surface area contributed by atoms with Crippen molar-refractivity contribution < 1.29 is 14.7 Å². The molecule has 0 heterocycles. The zero-order valence-corrected chi connectivity index (χ0v) is 11.0. The van der Waals surface area contributed by atoms with Crippen molar-refractivity contribution in [1.29, 1.82) is 0 Å². The van der Waals surface area contributed by atoms with Gasteiger partial charge < -0.3 is 5.11 Å². The van der Waals surface area contributed by atoms with Gasteiger partial charge in [-0.2, -0.15) is 0 Å². The van der Waals surface area contributed by atoms with Crippen LogP contribution in [0.5, 0.6) is 0 Å². The summed E-state index contributed by atoms with van der Waals surface area (Å²) in [5.74, 6) is -0.884. The first kappa shape index (κ1) is 13.7. The van der Waals surface area contributed by atoms with Gasteiger partial charge in [0, 0.05) is 5.56 Å². The fourth-order valence-electron chi connectivity index (χ4n) is 1.76. The van der Waals surface area contributed by atoms with E-state index in [1.807, 2.05) is 24.3 Å². The minimum atomic E-state index is -0.930. The Balaban J connectivity index is 2.12. The molecule has 0 aliphatic heterocycles. The lowest BCUT2D eigenvalue weighted by molar-refractivity contribution is 0.0696. The molecule has 1 N–H and O–H groups in total. The Hall–Kier alpha value is -2.68. The molecular weight excluding hydrogens is 252 g/mol. The van der Waals surface area contributed by atoms with Crippen molar-refractivity contribution in [2.45, 2.75) is 6.92 Å². The van der Waals surface area contributed by atoms with Gasteiger partial charge in [0.25, 0.3) is 0 Å². The topological polar surface area (TPSA) is 54.4 Å². The summed E-state index contributed by atoms with van der Waals surface area (Å²) in [6, 6.07) is 14.0. The summed E-state index contributed by atoms with van der Waals surface area (Å²) in [6.07, 6.45) is 3.81. The Morgan fingerprint density at radius 2 is 1.20 bits per heavy atom. The first-order chi connectivity index (χ1) is 9.56. The molecule has 0 amide bonds. The molecule has 0 unspecified atom stereocenters. The molecule has 2 aromatic carbocycles. The monoisotopic (exact) mass is 266 g/mol. The highest BCUT2D eigenvalue weighted by molar-refractivity contribution is 5.94. The maximum atomic E-state index is 11.2. The molecule has 0 spiro atoms. The summed E-state index contributed by atoms with van der Waals surface area (Å²) in [5.41, 5.74) is 2.86. The molecule has 0 radical (unpaired) electrons. The van der Waals surface area contributed by atoms with Crippen molar-refractivity contribution in [3.63, 3.8) is 0 Å². The van der Waals surface area contributed by atoms with E-state index in [0.717, 1.165) is 11.1 Å². The van der Waals surface area contributed by atoms with Gasteiger partial charge in [-0.1, -0.05) is 48.6 Å². The number of hydrogen-bond acceptors (Lipinski definition) is 2. The summed E-state index contributed by atoms with van der Waals surface area (Å²) in [4.78, 5) is 21.9. The zero-order chi connectivity index (χ0) is 14.5. The van der Waals surface area contributed by atoms with Crippen molar-refractivity contribution in [2.24, 2.45) is 0 Å². The molecule has 3 heteroatoms. The van der Waals surface area contributed by atoms with E-state index < -0.39 is 5.97 Å². The van der Waals surface area contributed by atoms with E-state index in [0.29, 0.717) is 5.56 Å². The molecule has 20 heavy (non-hydrogen) atoms. The van der Waals surface area contributed by atoms with Gasteiger partial charge in [0.2, 0.25) is 0 Å². The number of aromatic carboxylic acids is 1. The first-order valence-corrected chi connectivity index (χ1v) is 6.19. The number of carboxylic acid groups (broad SMARTS) is 1. The SMILES string of the molecule is CC(=O)c1ccc(C=Cc2ccc(C(=O)O)cc2)cc1. The second-order valence-corrected chi connectivity index (χ2v) is 4.44. The largest absolute Gasteiger partial charge is 0.478 e. The van der Waals surface area contributed by atoms with Crippen LogP contribution in [0.4, 0.5) is 0 Å². The Kier molecular flexibility index (Phi) is 4.11. The molecular formula is C17H14O3. The predicted molar refractivity (Wildman–Crippen MR) is 78.8 cm³/mol. The minimum Gasteiger partial charge on any atom is -0.478 e. The van der Waals surface area contributed by atoms with Crippen molar-refractivity contribution in [3.8, 4) is 0 Å². The third-order valence-electron chi connectivity index (χ3n) is 2.94. The van der Waals surface area contributed by atoms with E-state index in [9.17, 15) is 9.59 Å². The minimum absolute atomic E-state index is 0.0461. The van der Waals surface area contributed by atoms with Gasteiger partial charge in [-0.3, -0.25) is 4.79 Å². The number of rotatable bonds is 4. The molecule has 0 aliphatic carbocycles. The average molecular weight is 266 g/mol. The molecule has 0 fully saturated rings. The first-order valence-electron chi connectivity index (χ1n) is 6.19. The second-order valence-electron chi connectivity index (χ2n) is 4.44. The Bertz CT molecular complexity index is 590. The van der Waals surface area contributed by atoms with Crippen LogP contribution in [0.25, 0.3) is 12.2 Å². The number of ketones is 1. The summed E-state index contributed by atoms with van der Waals surface area (Å²) in [6.45, 7) is 1.54.